The van der Waals surface area contributed by atoms with Gasteiger partial charge in [-0.25, -0.2) is 9.18 Å². The normalized spacial score (nSPS) is 13.8. The van der Waals surface area contributed by atoms with E-state index in [2.05, 4.69) is 10.3 Å². The van der Waals surface area contributed by atoms with E-state index in [1.807, 2.05) is 0 Å². The molecule has 1 aromatic heterocycles. The second-order valence-corrected chi connectivity index (χ2v) is 5.40. The lowest BCUT2D eigenvalue weighted by molar-refractivity contribution is 0.100. The van der Waals surface area contributed by atoms with Crippen molar-refractivity contribution in [1.29, 1.82) is 0 Å². The zero-order valence-electron chi connectivity index (χ0n) is 12.1. The van der Waals surface area contributed by atoms with Gasteiger partial charge in [-0.3, -0.25) is 19.1 Å². The van der Waals surface area contributed by atoms with Crippen molar-refractivity contribution in [3.63, 3.8) is 0 Å². The smallest absolute Gasteiger partial charge is 0.330 e. The molecular formula is C15H15FN4O3. The lowest BCUT2D eigenvalue weighted by atomic mass is 10.2. The number of Topliss-reactive ketones (excluding diaryl/α,β-unsaturated/α-hetero) is 1. The zero-order chi connectivity index (χ0) is 16.6. The summed E-state index contributed by atoms with van der Waals surface area (Å²) in [7, 11) is 0. The Labute approximate surface area is 129 Å². The van der Waals surface area contributed by atoms with E-state index in [9.17, 15) is 18.8 Å². The monoisotopic (exact) mass is 318 g/mol. The summed E-state index contributed by atoms with van der Waals surface area (Å²) >= 11 is 0. The molecule has 7 nitrogen and oxygen atoms in total. The van der Waals surface area contributed by atoms with E-state index in [0.29, 0.717) is 5.69 Å². The standard InChI is InChI=1S/C15H15FN4O3/c16-8-1-3-9(4-2-8)18-7-11(21)12-13(17)20(10-5-6-10)15(23)19-14(12)22/h1-4,10,18H,5-7,17H2,(H,19,22,23). The SMILES string of the molecule is Nc1c(C(=O)CNc2ccc(F)cc2)c(=O)[nH]c(=O)n1C1CC1. The Hall–Kier alpha value is -2.90. The number of benzene rings is 1. The van der Waals surface area contributed by atoms with E-state index in [1.54, 1.807) is 0 Å². The first-order chi connectivity index (χ1) is 11.0. The number of ketones is 1. The molecule has 0 spiro atoms. The molecule has 1 aliphatic rings. The van der Waals surface area contributed by atoms with Gasteiger partial charge in [-0.15, -0.1) is 0 Å². The number of nitrogens with zero attached hydrogens (tertiary/aromatic N) is 1. The molecule has 3 rings (SSSR count). The average molecular weight is 318 g/mol. The third-order valence-electron chi connectivity index (χ3n) is 3.67. The largest absolute Gasteiger partial charge is 0.384 e. The summed E-state index contributed by atoms with van der Waals surface area (Å²) in [5.74, 6) is -1.03. The van der Waals surface area contributed by atoms with E-state index in [4.69, 9.17) is 5.73 Å². The Morgan fingerprint density at radius 3 is 2.57 bits per heavy atom. The first-order valence-corrected chi connectivity index (χ1v) is 7.14. The third kappa shape index (κ3) is 3.01. The lowest BCUT2D eigenvalue weighted by Crippen LogP contribution is -2.37. The molecule has 8 heteroatoms. The van der Waals surface area contributed by atoms with Crippen molar-refractivity contribution in [2.24, 2.45) is 0 Å². The zero-order valence-corrected chi connectivity index (χ0v) is 12.1. The number of hydrogen-bond acceptors (Lipinski definition) is 5. The predicted octanol–water partition coefficient (Wildman–Crippen LogP) is 0.888. The van der Waals surface area contributed by atoms with Crippen LogP contribution in [0.2, 0.25) is 0 Å². The Morgan fingerprint density at radius 1 is 1.30 bits per heavy atom. The molecule has 1 aliphatic carbocycles. The molecular weight excluding hydrogens is 303 g/mol. The fourth-order valence-corrected chi connectivity index (χ4v) is 2.37. The van der Waals surface area contributed by atoms with Gasteiger partial charge in [-0.05, 0) is 37.1 Å². The molecule has 0 atom stereocenters. The molecule has 1 fully saturated rings. The second-order valence-electron chi connectivity index (χ2n) is 5.40. The van der Waals surface area contributed by atoms with E-state index >= 15 is 0 Å². The highest BCUT2D eigenvalue weighted by molar-refractivity contribution is 6.02. The van der Waals surface area contributed by atoms with Crippen LogP contribution in [-0.2, 0) is 0 Å². The first kappa shape index (κ1) is 15.0. The van der Waals surface area contributed by atoms with Gasteiger partial charge < -0.3 is 11.1 Å². The van der Waals surface area contributed by atoms with Crippen molar-refractivity contribution in [3.05, 3.63) is 56.5 Å². The van der Waals surface area contributed by atoms with Crippen molar-refractivity contribution in [1.82, 2.24) is 9.55 Å². The summed E-state index contributed by atoms with van der Waals surface area (Å²) in [5, 5.41) is 2.79. The minimum Gasteiger partial charge on any atom is -0.384 e. The number of H-pyrrole nitrogens is 1. The maximum absolute atomic E-state index is 12.8. The molecule has 1 saturated carbocycles. The van der Waals surface area contributed by atoms with Crippen LogP contribution in [0.4, 0.5) is 15.9 Å². The fraction of sp³-hybridized carbons (Fsp3) is 0.267. The van der Waals surface area contributed by atoms with Gasteiger partial charge in [-0.2, -0.15) is 0 Å². The van der Waals surface area contributed by atoms with Crippen molar-refractivity contribution >= 4 is 17.3 Å². The van der Waals surface area contributed by atoms with Gasteiger partial charge in [0.25, 0.3) is 5.56 Å². The van der Waals surface area contributed by atoms with E-state index in [1.165, 1.54) is 28.8 Å². The van der Waals surface area contributed by atoms with Gasteiger partial charge in [-0.1, -0.05) is 0 Å². The van der Waals surface area contributed by atoms with Gasteiger partial charge in [0.1, 0.15) is 17.2 Å². The van der Waals surface area contributed by atoms with E-state index in [-0.39, 0.29) is 29.8 Å². The Bertz CT molecular complexity index is 866. The van der Waals surface area contributed by atoms with Gasteiger partial charge in [0.2, 0.25) is 0 Å². The molecule has 0 unspecified atom stereocenters. The summed E-state index contributed by atoms with van der Waals surface area (Å²) in [5.41, 5.74) is 4.77. The quantitative estimate of drug-likeness (QED) is 0.709. The number of carbonyl (C=O) groups excluding carboxylic acids is 1. The molecule has 23 heavy (non-hydrogen) atoms. The van der Waals surface area contributed by atoms with Crippen LogP contribution in [0.5, 0.6) is 0 Å². The molecule has 0 saturated heterocycles. The topological polar surface area (TPSA) is 110 Å². The molecule has 0 radical (unpaired) electrons. The molecule has 120 valence electrons. The van der Waals surface area contributed by atoms with Crippen molar-refractivity contribution < 1.29 is 9.18 Å². The highest BCUT2D eigenvalue weighted by Gasteiger charge is 2.29. The minimum atomic E-state index is -0.796. The molecule has 0 aliphatic heterocycles. The van der Waals surface area contributed by atoms with Crippen LogP contribution in [0.25, 0.3) is 0 Å². The summed E-state index contributed by atoms with van der Waals surface area (Å²) in [6, 6.07) is 5.39. The van der Waals surface area contributed by atoms with Crippen LogP contribution in [0, 0.1) is 5.82 Å². The van der Waals surface area contributed by atoms with Crippen LogP contribution in [0.1, 0.15) is 29.2 Å². The number of halogens is 1. The number of nitrogens with two attached hydrogens (primary N) is 1. The minimum absolute atomic E-state index is 0.0593. The van der Waals surface area contributed by atoms with Crippen LogP contribution in [-0.4, -0.2) is 21.9 Å². The van der Waals surface area contributed by atoms with Gasteiger partial charge in [0.05, 0.1) is 6.54 Å². The molecule has 0 bridgehead atoms. The Morgan fingerprint density at radius 2 is 1.96 bits per heavy atom. The number of nitrogen functional groups attached to an aromatic ring is 1. The number of hydrogen-bond donors (Lipinski definition) is 3. The maximum Gasteiger partial charge on any atom is 0.330 e. The van der Waals surface area contributed by atoms with E-state index in [0.717, 1.165) is 12.8 Å². The van der Waals surface area contributed by atoms with Crippen LogP contribution in [0.15, 0.2) is 33.9 Å². The highest BCUT2D eigenvalue weighted by atomic mass is 19.1. The van der Waals surface area contributed by atoms with Gasteiger partial charge >= 0.3 is 5.69 Å². The lowest BCUT2D eigenvalue weighted by Gasteiger charge is -2.11. The van der Waals surface area contributed by atoms with Crippen molar-refractivity contribution in [3.8, 4) is 0 Å². The summed E-state index contributed by atoms with van der Waals surface area (Å²) < 4.78 is 14.1. The Kier molecular flexibility index (Phi) is 3.73. The van der Waals surface area contributed by atoms with Gasteiger partial charge in [0, 0.05) is 11.7 Å². The van der Waals surface area contributed by atoms with Crippen LogP contribution >= 0.6 is 0 Å². The molecule has 2 aromatic rings. The third-order valence-corrected chi connectivity index (χ3v) is 3.67. The average Bonchev–Trinajstić information content (AvgIpc) is 3.31. The number of aromatic nitrogens is 2. The van der Waals surface area contributed by atoms with Crippen molar-refractivity contribution in [2.75, 3.05) is 17.6 Å². The first-order valence-electron chi connectivity index (χ1n) is 7.14. The molecule has 1 aromatic carbocycles. The number of anilines is 2. The van der Waals surface area contributed by atoms with E-state index < -0.39 is 17.0 Å². The van der Waals surface area contributed by atoms with Gasteiger partial charge in [0.15, 0.2) is 5.78 Å². The maximum atomic E-state index is 12.8. The highest BCUT2D eigenvalue weighted by Crippen LogP contribution is 2.35. The summed E-state index contributed by atoms with van der Waals surface area (Å²) in [4.78, 5) is 38.1. The number of rotatable bonds is 5. The summed E-state index contributed by atoms with van der Waals surface area (Å²) in [6.07, 6.45) is 1.58. The number of nitrogens with one attached hydrogen (secondary N) is 2. The van der Waals surface area contributed by atoms with Crippen LogP contribution < -0.4 is 22.3 Å². The summed E-state index contributed by atoms with van der Waals surface area (Å²) in [6.45, 7) is -0.193. The fourth-order valence-electron chi connectivity index (χ4n) is 2.37. The predicted molar refractivity (Wildman–Crippen MR) is 83.2 cm³/mol. The van der Waals surface area contributed by atoms with Crippen LogP contribution in [0.3, 0.4) is 0 Å². The number of aromatic amines is 1. The molecule has 0 amide bonds. The molecule has 1 heterocycles. The van der Waals surface area contributed by atoms with Crippen molar-refractivity contribution in [2.45, 2.75) is 18.9 Å². The second kappa shape index (κ2) is 5.71. The molecule has 4 N–H and O–H groups in total. The Balaban J connectivity index is 1.84. The number of carbonyl (C=O) groups is 1.